The number of aryl methyl sites for hydroxylation is 3. The van der Waals surface area contributed by atoms with Gasteiger partial charge in [0, 0.05) is 44.1 Å². The summed E-state index contributed by atoms with van der Waals surface area (Å²) in [6.07, 6.45) is 6.06. The van der Waals surface area contributed by atoms with Crippen LogP contribution in [0.2, 0.25) is 0 Å². The number of carbonyl (C=O) groups excluding carboxylic acids is 1. The molecule has 27 heavy (non-hydrogen) atoms. The number of ether oxygens (including phenoxy) is 2. The van der Waals surface area contributed by atoms with Crippen molar-refractivity contribution in [3.05, 3.63) is 41.3 Å². The summed E-state index contributed by atoms with van der Waals surface area (Å²) in [5, 5.41) is 4.35. The summed E-state index contributed by atoms with van der Waals surface area (Å²) in [6, 6.07) is 4.12. The molecule has 1 aliphatic heterocycles. The van der Waals surface area contributed by atoms with E-state index in [4.69, 9.17) is 14.5 Å². The van der Waals surface area contributed by atoms with Gasteiger partial charge < -0.3 is 9.47 Å². The van der Waals surface area contributed by atoms with Gasteiger partial charge in [-0.3, -0.25) is 9.58 Å². The third-order valence-corrected chi connectivity index (χ3v) is 4.31. The van der Waals surface area contributed by atoms with Gasteiger partial charge in [-0.15, -0.1) is 0 Å². The molecule has 2 aromatic rings. The van der Waals surface area contributed by atoms with Gasteiger partial charge in [-0.1, -0.05) is 6.07 Å². The number of anilines is 1. The first kappa shape index (κ1) is 19.4. The summed E-state index contributed by atoms with van der Waals surface area (Å²) in [4.78, 5) is 19.0. The van der Waals surface area contributed by atoms with Crippen LogP contribution in [0.15, 0.2) is 24.5 Å². The highest BCUT2D eigenvalue weighted by Gasteiger charge is 2.28. The van der Waals surface area contributed by atoms with Crippen LogP contribution in [0.3, 0.4) is 0 Å². The van der Waals surface area contributed by atoms with Crippen LogP contribution in [-0.2, 0) is 35.5 Å². The van der Waals surface area contributed by atoms with Crippen LogP contribution < -0.4 is 4.90 Å². The average Bonchev–Trinajstić information content (AvgIpc) is 3.05. The predicted molar refractivity (Wildman–Crippen MR) is 103 cm³/mol. The number of hydrogen-bond donors (Lipinski definition) is 0. The van der Waals surface area contributed by atoms with Crippen molar-refractivity contribution in [2.75, 3.05) is 18.6 Å². The van der Waals surface area contributed by atoms with Crippen molar-refractivity contribution >= 4 is 11.9 Å². The van der Waals surface area contributed by atoms with Crippen LogP contribution in [0.4, 0.5) is 10.6 Å². The van der Waals surface area contributed by atoms with Crippen LogP contribution >= 0.6 is 0 Å². The van der Waals surface area contributed by atoms with Gasteiger partial charge in [-0.25, -0.2) is 9.78 Å². The van der Waals surface area contributed by atoms with Crippen LogP contribution in [0.1, 0.15) is 44.0 Å². The fourth-order valence-corrected chi connectivity index (χ4v) is 3.11. The number of rotatable bonds is 5. The maximum Gasteiger partial charge on any atom is 0.416 e. The van der Waals surface area contributed by atoms with Crippen molar-refractivity contribution < 1.29 is 14.3 Å². The summed E-state index contributed by atoms with van der Waals surface area (Å²) >= 11 is 0. The Kier molecular flexibility index (Phi) is 5.79. The summed E-state index contributed by atoms with van der Waals surface area (Å²) in [6.45, 7) is 7.55. The van der Waals surface area contributed by atoms with Crippen molar-refractivity contribution in [1.29, 1.82) is 0 Å². The first-order valence-electron chi connectivity index (χ1n) is 9.35. The third kappa shape index (κ3) is 5.07. The highest BCUT2D eigenvalue weighted by Crippen LogP contribution is 2.27. The lowest BCUT2D eigenvalue weighted by Gasteiger charge is -2.31. The molecule has 146 valence electrons. The molecule has 0 radical (unpaired) electrons. The minimum atomic E-state index is -0.522. The number of carbonyl (C=O) groups is 1. The van der Waals surface area contributed by atoms with Crippen LogP contribution in [0.25, 0.3) is 0 Å². The van der Waals surface area contributed by atoms with Gasteiger partial charge in [0.15, 0.2) is 0 Å². The SMILES string of the molecule is COCc1cnn(CCc2ccc3c(n2)N(C(=O)OC(C)(C)C)CCC3)c1. The van der Waals surface area contributed by atoms with E-state index in [0.29, 0.717) is 13.2 Å². The quantitative estimate of drug-likeness (QED) is 0.805. The van der Waals surface area contributed by atoms with Crippen LogP contribution in [-0.4, -0.2) is 40.1 Å². The normalized spacial score (nSPS) is 14.1. The zero-order valence-corrected chi connectivity index (χ0v) is 16.6. The molecule has 0 saturated heterocycles. The largest absolute Gasteiger partial charge is 0.443 e. The molecule has 0 aromatic carbocycles. The number of fused-ring (bicyclic) bond motifs is 1. The van der Waals surface area contributed by atoms with E-state index in [1.165, 1.54) is 0 Å². The number of pyridine rings is 1. The van der Waals surface area contributed by atoms with Crippen molar-refractivity contribution in [3.8, 4) is 0 Å². The number of amides is 1. The highest BCUT2D eigenvalue weighted by molar-refractivity contribution is 5.88. The molecule has 7 nitrogen and oxygen atoms in total. The third-order valence-electron chi connectivity index (χ3n) is 4.31. The van der Waals surface area contributed by atoms with Gasteiger partial charge >= 0.3 is 6.09 Å². The lowest BCUT2D eigenvalue weighted by atomic mass is 10.1. The monoisotopic (exact) mass is 372 g/mol. The maximum atomic E-state index is 12.6. The van der Waals surface area contributed by atoms with Crippen LogP contribution in [0.5, 0.6) is 0 Å². The lowest BCUT2D eigenvalue weighted by Crippen LogP contribution is -2.40. The van der Waals surface area contributed by atoms with E-state index >= 15 is 0 Å². The van der Waals surface area contributed by atoms with E-state index < -0.39 is 5.60 Å². The minimum absolute atomic E-state index is 0.329. The summed E-state index contributed by atoms with van der Waals surface area (Å²) < 4.78 is 12.6. The standard InChI is InChI=1S/C20H28N4O3/c1-20(2,3)27-19(25)24-10-5-6-16-7-8-17(22-18(16)24)9-11-23-13-15(12-21-23)14-26-4/h7-8,12-13H,5-6,9-11,14H2,1-4H3. The Morgan fingerprint density at radius 3 is 2.85 bits per heavy atom. The zero-order chi connectivity index (χ0) is 19.4. The zero-order valence-electron chi connectivity index (χ0n) is 16.6. The fourth-order valence-electron chi connectivity index (χ4n) is 3.11. The van der Waals surface area contributed by atoms with E-state index in [9.17, 15) is 4.79 Å². The van der Waals surface area contributed by atoms with Crippen molar-refractivity contribution in [2.45, 2.75) is 58.8 Å². The predicted octanol–water partition coefficient (Wildman–Crippen LogP) is 3.35. The summed E-state index contributed by atoms with van der Waals surface area (Å²) in [5.74, 6) is 0.730. The van der Waals surface area contributed by atoms with Gasteiger partial charge in [0.1, 0.15) is 11.4 Å². The van der Waals surface area contributed by atoms with E-state index in [0.717, 1.165) is 48.4 Å². The average molecular weight is 372 g/mol. The van der Waals surface area contributed by atoms with E-state index in [-0.39, 0.29) is 6.09 Å². The molecule has 0 fully saturated rings. The Morgan fingerprint density at radius 1 is 1.30 bits per heavy atom. The van der Waals surface area contributed by atoms with Gasteiger partial charge in [0.2, 0.25) is 0 Å². The second kappa shape index (κ2) is 8.08. The number of methoxy groups -OCH3 is 1. The van der Waals surface area contributed by atoms with E-state index in [1.807, 2.05) is 43.9 Å². The molecule has 3 heterocycles. The Hall–Kier alpha value is -2.41. The second-order valence-electron chi connectivity index (χ2n) is 7.82. The Morgan fingerprint density at radius 2 is 2.11 bits per heavy atom. The second-order valence-corrected chi connectivity index (χ2v) is 7.82. The molecule has 1 aliphatic rings. The number of nitrogens with zero attached hydrogens (tertiary/aromatic N) is 4. The van der Waals surface area contributed by atoms with Gasteiger partial charge in [0.05, 0.1) is 12.8 Å². The molecule has 0 bridgehead atoms. The summed E-state index contributed by atoms with van der Waals surface area (Å²) in [5.41, 5.74) is 2.56. The molecule has 0 spiro atoms. The Balaban J connectivity index is 1.71. The maximum absolute atomic E-state index is 12.6. The Bertz CT molecular complexity index is 795. The number of aromatic nitrogens is 3. The molecule has 0 unspecified atom stereocenters. The molecule has 0 atom stereocenters. The first-order chi connectivity index (χ1) is 12.9. The lowest BCUT2D eigenvalue weighted by molar-refractivity contribution is 0.0576. The topological polar surface area (TPSA) is 69.5 Å². The molecule has 0 N–H and O–H groups in total. The molecular weight excluding hydrogens is 344 g/mol. The first-order valence-corrected chi connectivity index (χ1v) is 9.35. The van der Waals surface area contributed by atoms with E-state index in [2.05, 4.69) is 11.2 Å². The number of hydrogen-bond acceptors (Lipinski definition) is 5. The molecule has 2 aromatic heterocycles. The van der Waals surface area contributed by atoms with Gasteiger partial charge in [0.25, 0.3) is 0 Å². The van der Waals surface area contributed by atoms with Gasteiger partial charge in [-0.05, 0) is 45.2 Å². The molecule has 3 rings (SSSR count). The molecule has 0 saturated carbocycles. The van der Waals surface area contributed by atoms with Crippen LogP contribution in [0, 0.1) is 0 Å². The molecule has 7 heteroatoms. The smallest absolute Gasteiger partial charge is 0.416 e. The molecule has 1 amide bonds. The highest BCUT2D eigenvalue weighted by atomic mass is 16.6. The molecular formula is C20H28N4O3. The van der Waals surface area contributed by atoms with Crippen molar-refractivity contribution in [1.82, 2.24) is 14.8 Å². The Labute approximate surface area is 160 Å². The molecule has 0 aliphatic carbocycles. The van der Waals surface area contributed by atoms with Gasteiger partial charge in [-0.2, -0.15) is 5.10 Å². The van der Waals surface area contributed by atoms with Crippen molar-refractivity contribution in [2.24, 2.45) is 0 Å². The summed E-state index contributed by atoms with van der Waals surface area (Å²) in [7, 11) is 1.67. The minimum Gasteiger partial charge on any atom is -0.443 e. The van der Waals surface area contributed by atoms with Crippen molar-refractivity contribution in [3.63, 3.8) is 0 Å². The fraction of sp³-hybridized carbons (Fsp3) is 0.550. The van der Waals surface area contributed by atoms with E-state index in [1.54, 1.807) is 12.0 Å².